The van der Waals surface area contributed by atoms with Crippen LogP contribution in [0.1, 0.15) is 24.1 Å². The van der Waals surface area contributed by atoms with Crippen molar-refractivity contribution >= 4 is 12.0 Å². The van der Waals surface area contributed by atoms with E-state index in [4.69, 9.17) is 0 Å². The fraction of sp³-hybridized carbons (Fsp3) is 0.0952. The van der Waals surface area contributed by atoms with Gasteiger partial charge in [0.25, 0.3) is 0 Å². The van der Waals surface area contributed by atoms with Crippen LogP contribution >= 0.6 is 0 Å². The SMILES string of the molecule is CC(NC(=O)C=Cc1ccccc1F)c1cccc(-c2cncnc2)c1. The number of halogens is 1. The molecule has 1 atom stereocenters. The van der Waals surface area contributed by atoms with E-state index in [1.807, 2.05) is 31.2 Å². The minimum absolute atomic E-state index is 0.197. The summed E-state index contributed by atoms with van der Waals surface area (Å²) < 4.78 is 13.6. The van der Waals surface area contributed by atoms with Crippen LogP contribution in [0.25, 0.3) is 17.2 Å². The lowest BCUT2D eigenvalue weighted by Gasteiger charge is -2.14. The van der Waals surface area contributed by atoms with Gasteiger partial charge in [-0.2, -0.15) is 0 Å². The molecule has 0 aliphatic carbocycles. The Morgan fingerprint density at radius 2 is 1.85 bits per heavy atom. The average Bonchev–Trinajstić information content (AvgIpc) is 2.68. The van der Waals surface area contributed by atoms with E-state index in [0.29, 0.717) is 5.56 Å². The zero-order valence-electron chi connectivity index (χ0n) is 14.3. The van der Waals surface area contributed by atoms with E-state index in [1.54, 1.807) is 30.6 Å². The molecule has 26 heavy (non-hydrogen) atoms. The molecule has 4 nitrogen and oxygen atoms in total. The first-order valence-electron chi connectivity index (χ1n) is 8.22. The van der Waals surface area contributed by atoms with Gasteiger partial charge in [-0.3, -0.25) is 4.79 Å². The topological polar surface area (TPSA) is 54.9 Å². The second kappa shape index (κ2) is 8.16. The summed E-state index contributed by atoms with van der Waals surface area (Å²) in [5.41, 5.74) is 3.22. The van der Waals surface area contributed by atoms with Crippen LogP contribution in [0.5, 0.6) is 0 Å². The van der Waals surface area contributed by atoms with Crippen molar-refractivity contribution in [3.8, 4) is 11.1 Å². The summed E-state index contributed by atoms with van der Waals surface area (Å²) in [6, 6.07) is 13.9. The van der Waals surface area contributed by atoms with Gasteiger partial charge in [0.1, 0.15) is 12.1 Å². The first-order chi connectivity index (χ1) is 12.6. The highest BCUT2D eigenvalue weighted by molar-refractivity contribution is 5.92. The second-order valence-electron chi connectivity index (χ2n) is 5.84. The van der Waals surface area contributed by atoms with Crippen LogP contribution in [-0.4, -0.2) is 15.9 Å². The van der Waals surface area contributed by atoms with Gasteiger partial charge in [-0.1, -0.05) is 36.4 Å². The number of benzene rings is 2. The first kappa shape index (κ1) is 17.5. The number of hydrogen-bond acceptors (Lipinski definition) is 3. The molecule has 3 aromatic rings. The lowest BCUT2D eigenvalue weighted by molar-refractivity contribution is -0.117. The second-order valence-corrected chi connectivity index (χ2v) is 5.84. The molecule has 5 heteroatoms. The van der Waals surface area contributed by atoms with Crippen molar-refractivity contribution in [2.75, 3.05) is 0 Å². The quantitative estimate of drug-likeness (QED) is 0.705. The van der Waals surface area contributed by atoms with Crippen LogP contribution in [-0.2, 0) is 4.79 Å². The van der Waals surface area contributed by atoms with Gasteiger partial charge < -0.3 is 5.32 Å². The number of nitrogens with zero attached hydrogens (tertiary/aromatic N) is 2. The number of aromatic nitrogens is 2. The maximum absolute atomic E-state index is 13.6. The lowest BCUT2D eigenvalue weighted by atomic mass is 10.0. The van der Waals surface area contributed by atoms with Crippen LogP contribution in [0.4, 0.5) is 4.39 Å². The Labute approximate surface area is 151 Å². The van der Waals surface area contributed by atoms with Gasteiger partial charge in [-0.25, -0.2) is 14.4 Å². The lowest BCUT2D eigenvalue weighted by Crippen LogP contribution is -2.24. The van der Waals surface area contributed by atoms with Crippen LogP contribution in [0.3, 0.4) is 0 Å². The van der Waals surface area contributed by atoms with E-state index in [-0.39, 0.29) is 17.8 Å². The molecule has 0 saturated heterocycles. The van der Waals surface area contributed by atoms with Crippen molar-refractivity contribution in [2.24, 2.45) is 0 Å². The van der Waals surface area contributed by atoms with E-state index in [1.165, 1.54) is 24.5 Å². The van der Waals surface area contributed by atoms with E-state index in [0.717, 1.165) is 16.7 Å². The molecule has 2 aromatic carbocycles. The first-order valence-corrected chi connectivity index (χ1v) is 8.22. The van der Waals surface area contributed by atoms with Gasteiger partial charge in [-0.05, 0) is 36.3 Å². The smallest absolute Gasteiger partial charge is 0.244 e. The molecular formula is C21H18FN3O. The Hall–Kier alpha value is -3.34. The van der Waals surface area contributed by atoms with Crippen molar-refractivity contribution < 1.29 is 9.18 Å². The van der Waals surface area contributed by atoms with Crippen molar-refractivity contribution in [1.29, 1.82) is 0 Å². The van der Waals surface area contributed by atoms with E-state index >= 15 is 0 Å². The summed E-state index contributed by atoms with van der Waals surface area (Å²) in [4.78, 5) is 20.2. The largest absolute Gasteiger partial charge is 0.346 e. The molecule has 1 N–H and O–H groups in total. The van der Waals surface area contributed by atoms with Crippen molar-refractivity contribution in [3.05, 3.63) is 90.3 Å². The van der Waals surface area contributed by atoms with Gasteiger partial charge in [0.15, 0.2) is 0 Å². The summed E-state index contributed by atoms with van der Waals surface area (Å²) in [5, 5.41) is 2.89. The van der Waals surface area contributed by atoms with Crippen LogP contribution in [0.15, 0.2) is 73.3 Å². The van der Waals surface area contributed by atoms with Crippen LogP contribution in [0.2, 0.25) is 0 Å². The van der Waals surface area contributed by atoms with Gasteiger partial charge in [0.2, 0.25) is 5.91 Å². The maximum Gasteiger partial charge on any atom is 0.244 e. The maximum atomic E-state index is 13.6. The zero-order valence-corrected chi connectivity index (χ0v) is 14.3. The highest BCUT2D eigenvalue weighted by atomic mass is 19.1. The summed E-state index contributed by atoms with van der Waals surface area (Å²) >= 11 is 0. The monoisotopic (exact) mass is 347 g/mol. The fourth-order valence-electron chi connectivity index (χ4n) is 2.56. The molecule has 0 radical (unpaired) electrons. The number of carbonyl (C=O) groups is 1. The molecule has 1 heterocycles. The molecule has 0 aliphatic rings. The third kappa shape index (κ3) is 4.39. The van der Waals surface area contributed by atoms with Gasteiger partial charge in [-0.15, -0.1) is 0 Å². The molecule has 1 unspecified atom stereocenters. The van der Waals surface area contributed by atoms with Gasteiger partial charge >= 0.3 is 0 Å². The highest BCUT2D eigenvalue weighted by Gasteiger charge is 2.09. The van der Waals surface area contributed by atoms with Crippen molar-refractivity contribution in [2.45, 2.75) is 13.0 Å². The van der Waals surface area contributed by atoms with Crippen LogP contribution in [0, 0.1) is 5.82 Å². The van der Waals surface area contributed by atoms with Gasteiger partial charge in [0.05, 0.1) is 6.04 Å². The Bertz CT molecular complexity index is 925. The molecule has 0 fully saturated rings. The minimum Gasteiger partial charge on any atom is -0.346 e. The highest BCUT2D eigenvalue weighted by Crippen LogP contribution is 2.22. The van der Waals surface area contributed by atoms with E-state index < -0.39 is 0 Å². The number of hydrogen-bond donors (Lipinski definition) is 1. The van der Waals surface area contributed by atoms with Gasteiger partial charge in [0, 0.05) is 29.6 Å². The molecule has 1 aromatic heterocycles. The third-order valence-electron chi connectivity index (χ3n) is 3.96. The molecule has 1 amide bonds. The molecule has 0 aliphatic heterocycles. The number of carbonyl (C=O) groups excluding carboxylic acids is 1. The zero-order chi connectivity index (χ0) is 18.4. The molecular weight excluding hydrogens is 329 g/mol. The average molecular weight is 347 g/mol. The number of nitrogens with one attached hydrogen (secondary N) is 1. The Balaban J connectivity index is 1.69. The molecule has 130 valence electrons. The van der Waals surface area contributed by atoms with Crippen molar-refractivity contribution in [3.63, 3.8) is 0 Å². The van der Waals surface area contributed by atoms with E-state index in [9.17, 15) is 9.18 Å². The Morgan fingerprint density at radius 3 is 2.62 bits per heavy atom. The molecule has 0 saturated carbocycles. The van der Waals surface area contributed by atoms with Crippen molar-refractivity contribution in [1.82, 2.24) is 15.3 Å². The standard InChI is InChI=1S/C21H18FN3O/c1-15(25-21(26)10-9-16-5-2-3-8-20(16)22)17-6-4-7-18(11-17)19-12-23-14-24-13-19/h2-15H,1H3,(H,25,26). The predicted octanol–water partition coefficient (Wildman–Crippen LogP) is 4.17. The summed E-state index contributed by atoms with van der Waals surface area (Å²) in [5.74, 6) is -0.642. The number of amides is 1. The third-order valence-corrected chi connectivity index (χ3v) is 3.96. The Morgan fingerprint density at radius 1 is 1.08 bits per heavy atom. The molecule has 0 spiro atoms. The predicted molar refractivity (Wildman–Crippen MR) is 99.5 cm³/mol. The summed E-state index contributed by atoms with van der Waals surface area (Å²) in [6.45, 7) is 1.90. The summed E-state index contributed by atoms with van der Waals surface area (Å²) in [6.07, 6.45) is 7.77. The Kier molecular flexibility index (Phi) is 5.49. The fourth-order valence-corrected chi connectivity index (χ4v) is 2.56. The summed E-state index contributed by atoms with van der Waals surface area (Å²) in [7, 11) is 0. The van der Waals surface area contributed by atoms with E-state index in [2.05, 4.69) is 15.3 Å². The molecule has 3 rings (SSSR count). The normalized spacial score (nSPS) is 12.1. The number of rotatable bonds is 5. The van der Waals surface area contributed by atoms with Crippen LogP contribution < -0.4 is 5.32 Å². The minimum atomic E-state index is -0.359. The molecule has 0 bridgehead atoms.